The third kappa shape index (κ3) is 23.8. The Morgan fingerprint density at radius 3 is 1.51 bits per heavy atom. The zero-order valence-electron chi connectivity index (χ0n) is 41.3. The summed E-state index contributed by atoms with van der Waals surface area (Å²) in [7, 11) is 1.16. The molecule has 1 aromatic carbocycles. The molecule has 1 rings (SSSR count). The van der Waals surface area contributed by atoms with E-state index in [1.807, 2.05) is 0 Å². The van der Waals surface area contributed by atoms with E-state index in [0.29, 0.717) is 12.0 Å². The predicted molar refractivity (Wildman–Crippen MR) is 255 cm³/mol. The number of phenolic OH excluding ortho intramolecular Hbond substituents is 1. The number of hydrogen-bond acceptors (Lipinski definition) is 12. The molecule has 20 nitrogen and oxygen atoms in total. The number of amides is 7. The van der Waals surface area contributed by atoms with Crippen LogP contribution < -0.4 is 43.4 Å². The summed E-state index contributed by atoms with van der Waals surface area (Å²) in [4.78, 5) is 119. The summed E-state index contributed by atoms with van der Waals surface area (Å²) in [5.74, 6) is -9.91. The third-order valence-corrected chi connectivity index (χ3v) is 11.3. The highest BCUT2D eigenvalue weighted by Gasteiger charge is 2.36. The van der Waals surface area contributed by atoms with E-state index in [9.17, 15) is 53.4 Å². The number of methoxy groups -OCH3 is 1. The minimum atomic E-state index is -1.82. The molecule has 1 aromatic rings. The molecule has 0 heterocycles. The smallest absolute Gasteiger partial charge is 0.328 e. The van der Waals surface area contributed by atoms with E-state index < -0.39 is 120 Å². The van der Waals surface area contributed by atoms with Gasteiger partial charge in [-0.2, -0.15) is 0 Å². The SMILES string of the molecule is CCCCCCCCCCCCC(NC(=O)C[C@H](NC(=O)[C@@H](NC(=O)[C@@H](NC(=O)[C@@H](N)Cc1ccc(O)cc1)C(C)C)C(C)C)C(=O)N[C@@H](CC(=O)O)C(=O)N[C@@H](CC(C)C)C(N)=O)C(=O)OC. The van der Waals surface area contributed by atoms with Gasteiger partial charge in [-0.3, -0.25) is 38.4 Å². The lowest BCUT2D eigenvalue weighted by Crippen LogP contribution is -2.61. The number of phenols is 1. The maximum Gasteiger partial charge on any atom is 0.328 e. The maximum absolute atomic E-state index is 14.1. The number of hydrogen-bond donors (Lipinski definition) is 10. The molecule has 0 aliphatic heterocycles. The topological polar surface area (TPSA) is 328 Å². The quantitative estimate of drug-likeness (QED) is 0.0351. The van der Waals surface area contributed by atoms with Gasteiger partial charge in [-0.15, -0.1) is 0 Å². The second-order valence-corrected chi connectivity index (χ2v) is 18.6. The first-order valence-electron chi connectivity index (χ1n) is 23.9. The van der Waals surface area contributed by atoms with Gasteiger partial charge in [0.1, 0.15) is 42.0 Å². The van der Waals surface area contributed by atoms with Crippen LogP contribution in [0, 0.1) is 17.8 Å². The number of carbonyl (C=O) groups is 9. The standard InChI is InChI=1S/C48H80N8O12/c1-9-10-11-12-13-14-15-16-17-18-19-34(48(67)68-8)51-38(58)26-36(44(63)53-37(27-39(59)60)45(64)52-35(42(50)61)24-28(2)3)54-46(65)40(29(4)5)56-47(66)41(30(6)7)55-43(62)33(49)25-31-20-22-32(57)23-21-31/h20-23,28-30,33-37,40-41,57H,9-19,24-27,49H2,1-8H3,(H2,50,61)(H,51,58)(H,52,64)(H,53,63)(H,54,65)(H,55,62)(H,56,66)(H,59,60)/t33-,34?,35-,36-,37-,40-,41-/m0/s1. The van der Waals surface area contributed by atoms with Gasteiger partial charge in [-0.1, -0.05) is 125 Å². The highest BCUT2D eigenvalue weighted by Crippen LogP contribution is 2.15. The number of nitrogens with two attached hydrogens (primary N) is 2. The van der Waals surface area contributed by atoms with Gasteiger partial charge in [0.25, 0.3) is 0 Å². The second-order valence-electron chi connectivity index (χ2n) is 18.6. The van der Waals surface area contributed by atoms with Crippen molar-refractivity contribution in [2.45, 2.75) is 187 Å². The zero-order valence-corrected chi connectivity index (χ0v) is 41.3. The number of aromatic hydroxyl groups is 1. The first kappa shape index (κ1) is 60.2. The van der Waals surface area contributed by atoms with Crippen LogP contribution >= 0.6 is 0 Å². The van der Waals surface area contributed by atoms with Crippen LogP contribution in [0.1, 0.15) is 144 Å². The molecule has 0 aromatic heterocycles. The number of unbranched alkanes of at least 4 members (excludes halogenated alkanes) is 9. The number of primary amides is 1. The molecular weight excluding hydrogens is 881 g/mol. The number of carbonyl (C=O) groups excluding carboxylic acids is 8. The molecule has 0 fully saturated rings. The van der Waals surface area contributed by atoms with Crippen molar-refractivity contribution in [3.63, 3.8) is 0 Å². The fourth-order valence-corrected chi connectivity index (χ4v) is 7.33. The van der Waals surface area contributed by atoms with Gasteiger partial charge in [-0.25, -0.2) is 4.79 Å². The summed E-state index contributed by atoms with van der Waals surface area (Å²) in [5, 5.41) is 34.2. The highest BCUT2D eigenvalue weighted by molar-refractivity contribution is 5.99. The van der Waals surface area contributed by atoms with E-state index in [1.165, 1.54) is 37.8 Å². The average Bonchev–Trinajstić information content (AvgIpc) is 3.26. The van der Waals surface area contributed by atoms with E-state index in [-0.39, 0.29) is 30.9 Å². The third-order valence-electron chi connectivity index (χ3n) is 11.3. The van der Waals surface area contributed by atoms with Crippen LogP contribution in [-0.2, 0) is 54.3 Å². The van der Waals surface area contributed by atoms with Crippen molar-refractivity contribution < 1.29 is 58.1 Å². The van der Waals surface area contributed by atoms with Crippen molar-refractivity contribution in [3.8, 4) is 5.75 Å². The number of rotatable bonds is 34. The van der Waals surface area contributed by atoms with Crippen LogP contribution in [0.25, 0.3) is 0 Å². The summed E-state index contributed by atoms with van der Waals surface area (Å²) in [5.41, 5.74) is 12.3. The molecule has 68 heavy (non-hydrogen) atoms. The van der Waals surface area contributed by atoms with Crippen LogP contribution in [-0.4, -0.2) is 113 Å². The molecule has 12 N–H and O–H groups in total. The van der Waals surface area contributed by atoms with Crippen LogP contribution in [0.15, 0.2) is 24.3 Å². The maximum atomic E-state index is 14.1. The Morgan fingerprint density at radius 2 is 1.04 bits per heavy atom. The number of esters is 1. The molecule has 0 saturated heterocycles. The van der Waals surface area contributed by atoms with Crippen LogP contribution in [0.4, 0.5) is 0 Å². The number of benzene rings is 1. The minimum Gasteiger partial charge on any atom is -0.508 e. The molecule has 0 saturated carbocycles. The first-order valence-corrected chi connectivity index (χ1v) is 23.9. The Morgan fingerprint density at radius 1 is 0.588 bits per heavy atom. The van der Waals surface area contributed by atoms with Gasteiger partial charge in [0.2, 0.25) is 41.4 Å². The molecule has 7 amide bonds. The van der Waals surface area contributed by atoms with Crippen molar-refractivity contribution in [2.75, 3.05) is 7.11 Å². The Labute approximate surface area is 401 Å². The van der Waals surface area contributed by atoms with Crippen LogP contribution in [0.2, 0.25) is 0 Å². The Balaban J connectivity index is 3.40. The lowest BCUT2D eigenvalue weighted by Gasteiger charge is -2.29. The molecule has 384 valence electrons. The van der Waals surface area contributed by atoms with E-state index in [1.54, 1.807) is 53.7 Å². The van der Waals surface area contributed by atoms with Gasteiger partial charge in [0.15, 0.2) is 0 Å². The molecule has 1 unspecified atom stereocenters. The molecule has 20 heteroatoms. The Hall–Kier alpha value is -5.79. The lowest BCUT2D eigenvalue weighted by atomic mass is 9.98. The van der Waals surface area contributed by atoms with E-state index in [4.69, 9.17) is 16.2 Å². The number of carboxylic acid groups (broad SMARTS) is 1. The van der Waals surface area contributed by atoms with Crippen molar-refractivity contribution in [1.82, 2.24) is 31.9 Å². The molecule has 0 bridgehead atoms. The van der Waals surface area contributed by atoms with Gasteiger partial charge < -0.3 is 58.3 Å². The van der Waals surface area contributed by atoms with E-state index >= 15 is 0 Å². The number of carboxylic acids is 1. The number of ether oxygens (including phenoxy) is 1. The fraction of sp³-hybridized carbons (Fsp3) is 0.688. The molecular formula is C48H80N8O12. The zero-order chi connectivity index (χ0) is 51.5. The van der Waals surface area contributed by atoms with Crippen LogP contribution in [0.5, 0.6) is 5.75 Å². The van der Waals surface area contributed by atoms with E-state index in [0.717, 1.165) is 39.2 Å². The second kappa shape index (κ2) is 32.0. The van der Waals surface area contributed by atoms with Crippen LogP contribution in [0.3, 0.4) is 0 Å². The molecule has 0 aliphatic carbocycles. The lowest BCUT2D eigenvalue weighted by molar-refractivity contribution is -0.145. The number of aliphatic carboxylic acids is 1. The first-order chi connectivity index (χ1) is 32.0. The van der Waals surface area contributed by atoms with Crippen molar-refractivity contribution in [2.24, 2.45) is 29.2 Å². The Kier molecular flexibility index (Phi) is 28.4. The summed E-state index contributed by atoms with van der Waals surface area (Å²) in [6.45, 7) is 12.2. The van der Waals surface area contributed by atoms with Gasteiger partial charge >= 0.3 is 11.9 Å². The largest absolute Gasteiger partial charge is 0.508 e. The summed E-state index contributed by atoms with van der Waals surface area (Å²) < 4.78 is 4.94. The van der Waals surface area contributed by atoms with Crippen molar-refractivity contribution in [1.29, 1.82) is 0 Å². The fourth-order valence-electron chi connectivity index (χ4n) is 7.33. The van der Waals surface area contributed by atoms with Crippen molar-refractivity contribution in [3.05, 3.63) is 29.8 Å². The average molecular weight is 961 g/mol. The molecule has 0 spiro atoms. The summed E-state index contributed by atoms with van der Waals surface area (Å²) >= 11 is 0. The minimum absolute atomic E-state index is 0.0337. The van der Waals surface area contributed by atoms with Crippen molar-refractivity contribution >= 4 is 53.3 Å². The molecule has 0 aliphatic rings. The van der Waals surface area contributed by atoms with Gasteiger partial charge in [0.05, 0.1) is 26.0 Å². The number of nitrogens with one attached hydrogen (secondary N) is 6. The molecule has 7 atom stereocenters. The summed E-state index contributed by atoms with van der Waals surface area (Å²) in [6.07, 6.45) is 9.00. The monoisotopic (exact) mass is 961 g/mol. The van der Waals surface area contributed by atoms with E-state index in [2.05, 4.69) is 38.8 Å². The highest BCUT2D eigenvalue weighted by atomic mass is 16.5. The van der Waals surface area contributed by atoms with Gasteiger partial charge in [-0.05, 0) is 54.7 Å². The molecule has 0 radical (unpaired) electrons. The normalized spacial score (nSPS) is 14.4. The van der Waals surface area contributed by atoms with Gasteiger partial charge in [0, 0.05) is 0 Å². The summed E-state index contributed by atoms with van der Waals surface area (Å²) in [6, 6.07) is -3.52. The Bertz CT molecular complexity index is 1790. The predicted octanol–water partition coefficient (Wildman–Crippen LogP) is 2.36.